The standard InChI is InChI=1S/C21H20F2N4O4S/c1-2-27-20(28)16-6-4-3-5-15(16)19(24-27)21(29)25-9-11-26(12-10-25)32(30,31)18-8-7-14(22)13-17(18)23/h3-8,13H,2,9-12H2,1H3. The molecule has 1 aromatic heterocycles. The summed E-state index contributed by atoms with van der Waals surface area (Å²) in [7, 11) is -4.18. The topological polar surface area (TPSA) is 92.6 Å². The van der Waals surface area contributed by atoms with E-state index in [0.717, 1.165) is 16.4 Å². The monoisotopic (exact) mass is 462 g/mol. The highest BCUT2D eigenvalue weighted by atomic mass is 32.2. The van der Waals surface area contributed by atoms with Gasteiger partial charge in [-0.2, -0.15) is 9.40 Å². The van der Waals surface area contributed by atoms with Crippen molar-refractivity contribution in [3.8, 4) is 0 Å². The second-order valence-electron chi connectivity index (χ2n) is 7.29. The summed E-state index contributed by atoms with van der Waals surface area (Å²) in [5, 5.41) is 5.03. The summed E-state index contributed by atoms with van der Waals surface area (Å²) >= 11 is 0. The molecule has 1 fully saturated rings. The molecule has 0 saturated carbocycles. The lowest BCUT2D eigenvalue weighted by Crippen LogP contribution is -2.51. The number of carbonyl (C=O) groups excluding carboxylic acids is 1. The fourth-order valence-corrected chi connectivity index (χ4v) is 5.18. The molecule has 4 rings (SSSR count). The van der Waals surface area contributed by atoms with Crippen LogP contribution in [-0.2, 0) is 16.6 Å². The fraction of sp³-hybridized carbons (Fsp3) is 0.286. The molecule has 2 heterocycles. The van der Waals surface area contributed by atoms with Gasteiger partial charge in [-0.15, -0.1) is 0 Å². The molecule has 0 aliphatic carbocycles. The van der Waals surface area contributed by atoms with Crippen LogP contribution in [0.15, 0.2) is 52.2 Å². The maximum atomic E-state index is 14.0. The first kappa shape index (κ1) is 22.0. The zero-order chi connectivity index (χ0) is 23.0. The Kier molecular flexibility index (Phi) is 5.78. The lowest BCUT2D eigenvalue weighted by Gasteiger charge is -2.34. The number of aromatic nitrogens is 2. The second kappa shape index (κ2) is 8.40. The predicted molar refractivity (Wildman–Crippen MR) is 113 cm³/mol. The molecule has 1 aliphatic heterocycles. The van der Waals surface area contributed by atoms with Gasteiger partial charge in [0.2, 0.25) is 10.0 Å². The Balaban J connectivity index is 1.58. The molecular weight excluding hydrogens is 442 g/mol. The van der Waals surface area contributed by atoms with Crippen molar-refractivity contribution < 1.29 is 22.0 Å². The van der Waals surface area contributed by atoms with E-state index in [1.165, 1.54) is 9.58 Å². The molecule has 0 radical (unpaired) electrons. The van der Waals surface area contributed by atoms with Crippen LogP contribution in [0, 0.1) is 11.6 Å². The number of halogens is 2. The van der Waals surface area contributed by atoms with Crippen molar-refractivity contribution in [2.75, 3.05) is 26.2 Å². The van der Waals surface area contributed by atoms with Gasteiger partial charge in [-0.25, -0.2) is 21.9 Å². The molecule has 8 nitrogen and oxygen atoms in total. The van der Waals surface area contributed by atoms with Crippen LogP contribution in [0.4, 0.5) is 8.78 Å². The van der Waals surface area contributed by atoms with Crippen LogP contribution in [-0.4, -0.2) is 59.5 Å². The van der Waals surface area contributed by atoms with Crippen LogP contribution in [0.1, 0.15) is 17.4 Å². The van der Waals surface area contributed by atoms with Gasteiger partial charge in [-0.1, -0.05) is 18.2 Å². The average Bonchev–Trinajstić information content (AvgIpc) is 2.79. The highest BCUT2D eigenvalue weighted by molar-refractivity contribution is 7.89. The summed E-state index contributed by atoms with van der Waals surface area (Å²) in [5.41, 5.74) is -0.181. The molecule has 0 N–H and O–H groups in total. The summed E-state index contributed by atoms with van der Waals surface area (Å²) in [6, 6.07) is 8.98. The number of hydrogen-bond donors (Lipinski definition) is 0. The largest absolute Gasteiger partial charge is 0.335 e. The highest BCUT2D eigenvalue weighted by Gasteiger charge is 2.33. The van der Waals surface area contributed by atoms with E-state index >= 15 is 0 Å². The maximum Gasteiger partial charge on any atom is 0.275 e. The summed E-state index contributed by atoms with van der Waals surface area (Å²) < 4.78 is 55.0. The molecule has 2 aromatic carbocycles. The van der Waals surface area contributed by atoms with Gasteiger partial charge in [0.1, 0.15) is 16.5 Å². The third-order valence-electron chi connectivity index (χ3n) is 5.41. The van der Waals surface area contributed by atoms with Gasteiger partial charge in [-0.05, 0) is 25.1 Å². The van der Waals surface area contributed by atoms with E-state index in [4.69, 9.17) is 0 Å². The molecule has 1 aliphatic rings. The van der Waals surface area contributed by atoms with E-state index in [2.05, 4.69) is 5.10 Å². The summed E-state index contributed by atoms with van der Waals surface area (Å²) in [6.45, 7) is 2.03. The Morgan fingerprint density at radius 2 is 1.69 bits per heavy atom. The van der Waals surface area contributed by atoms with Gasteiger partial charge < -0.3 is 4.90 Å². The number of fused-ring (bicyclic) bond motifs is 1. The van der Waals surface area contributed by atoms with Crippen LogP contribution in [0.3, 0.4) is 0 Å². The van der Waals surface area contributed by atoms with E-state index in [-0.39, 0.29) is 37.4 Å². The van der Waals surface area contributed by atoms with Crippen molar-refractivity contribution in [2.45, 2.75) is 18.4 Å². The molecule has 0 spiro atoms. The Morgan fingerprint density at radius 3 is 2.31 bits per heavy atom. The van der Waals surface area contributed by atoms with Gasteiger partial charge in [0.15, 0.2) is 5.69 Å². The SMILES string of the molecule is CCn1nc(C(=O)N2CCN(S(=O)(=O)c3ccc(F)cc3F)CC2)c2ccccc2c1=O. The molecule has 32 heavy (non-hydrogen) atoms. The van der Waals surface area contributed by atoms with Crippen LogP contribution in [0.2, 0.25) is 0 Å². The van der Waals surface area contributed by atoms with E-state index in [0.29, 0.717) is 23.4 Å². The Morgan fingerprint density at radius 1 is 1.03 bits per heavy atom. The van der Waals surface area contributed by atoms with Crippen molar-refractivity contribution in [1.29, 1.82) is 0 Å². The number of rotatable bonds is 4. The molecule has 1 amide bonds. The zero-order valence-corrected chi connectivity index (χ0v) is 18.0. The number of carbonyl (C=O) groups is 1. The molecule has 1 saturated heterocycles. The van der Waals surface area contributed by atoms with Crippen molar-refractivity contribution in [3.63, 3.8) is 0 Å². The lowest BCUT2D eigenvalue weighted by molar-refractivity contribution is 0.0691. The quantitative estimate of drug-likeness (QED) is 0.590. The molecule has 168 valence electrons. The first-order valence-corrected chi connectivity index (χ1v) is 11.4. The van der Waals surface area contributed by atoms with E-state index in [1.54, 1.807) is 31.2 Å². The number of nitrogens with zero attached hydrogens (tertiary/aromatic N) is 4. The number of benzene rings is 2. The average molecular weight is 462 g/mol. The number of hydrogen-bond acceptors (Lipinski definition) is 5. The minimum atomic E-state index is -4.18. The highest BCUT2D eigenvalue weighted by Crippen LogP contribution is 2.22. The molecule has 0 bridgehead atoms. The van der Waals surface area contributed by atoms with E-state index < -0.39 is 32.5 Å². The molecule has 0 unspecified atom stereocenters. The Bertz CT molecular complexity index is 1370. The van der Waals surface area contributed by atoms with Gasteiger partial charge in [-0.3, -0.25) is 9.59 Å². The van der Waals surface area contributed by atoms with Crippen molar-refractivity contribution >= 4 is 26.7 Å². The number of amides is 1. The minimum Gasteiger partial charge on any atom is -0.335 e. The normalized spacial score (nSPS) is 15.3. The van der Waals surface area contributed by atoms with Gasteiger partial charge in [0.05, 0.1) is 5.39 Å². The smallest absolute Gasteiger partial charge is 0.275 e. The van der Waals surface area contributed by atoms with E-state index in [9.17, 15) is 26.8 Å². The summed E-state index contributed by atoms with van der Waals surface area (Å²) in [4.78, 5) is 26.5. The Hall–Kier alpha value is -3.18. The number of aryl methyl sites for hydroxylation is 1. The van der Waals surface area contributed by atoms with Crippen LogP contribution >= 0.6 is 0 Å². The number of sulfonamides is 1. The van der Waals surface area contributed by atoms with Crippen LogP contribution in [0.25, 0.3) is 10.8 Å². The first-order chi connectivity index (χ1) is 15.2. The van der Waals surface area contributed by atoms with E-state index in [1.807, 2.05) is 0 Å². The molecule has 0 atom stereocenters. The van der Waals surface area contributed by atoms with Crippen molar-refractivity contribution in [1.82, 2.24) is 19.0 Å². The van der Waals surface area contributed by atoms with Crippen molar-refractivity contribution in [3.05, 3.63) is 70.1 Å². The molecule has 3 aromatic rings. The van der Waals surface area contributed by atoms with Crippen molar-refractivity contribution in [2.24, 2.45) is 0 Å². The van der Waals surface area contributed by atoms with Gasteiger partial charge >= 0.3 is 0 Å². The third kappa shape index (κ3) is 3.78. The van der Waals surface area contributed by atoms with Crippen LogP contribution < -0.4 is 5.56 Å². The second-order valence-corrected chi connectivity index (χ2v) is 9.19. The van der Waals surface area contributed by atoms with Gasteiger partial charge in [0, 0.05) is 44.2 Å². The van der Waals surface area contributed by atoms with Crippen LogP contribution in [0.5, 0.6) is 0 Å². The predicted octanol–water partition coefficient (Wildman–Crippen LogP) is 1.84. The summed E-state index contributed by atoms with van der Waals surface area (Å²) in [6.07, 6.45) is 0. The molecular formula is C21H20F2N4O4S. The fourth-order valence-electron chi connectivity index (χ4n) is 3.71. The minimum absolute atomic E-state index is 0.0577. The lowest BCUT2D eigenvalue weighted by atomic mass is 10.1. The maximum absolute atomic E-state index is 14.0. The summed E-state index contributed by atoms with van der Waals surface area (Å²) in [5.74, 6) is -2.46. The van der Waals surface area contributed by atoms with Gasteiger partial charge in [0.25, 0.3) is 11.5 Å². The zero-order valence-electron chi connectivity index (χ0n) is 17.2. The third-order valence-corrected chi connectivity index (χ3v) is 7.34. The Labute approximate surface area is 182 Å². The number of piperazine rings is 1. The first-order valence-electron chi connectivity index (χ1n) is 9.98. The molecule has 11 heteroatoms.